The maximum atomic E-state index is 5.72. The second-order valence-corrected chi connectivity index (χ2v) is 7.80. The van der Waals surface area contributed by atoms with Gasteiger partial charge in [-0.25, -0.2) is 0 Å². The Kier molecular flexibility index (Phi) is 6.32. The zero-order chi connectivity index (χ0) is 19.2. The van der Waals surface area contributed by atoms with Crippen LogP contribution in [0.4, 0.5) is 0 Å². The monoisotopic (exact) mass is 374 g/mol. The molecular weight excluding hydrogens is 344 g/mol. The van der Waals surface area contributed by atoms with Gasteiger partial charge in [0.1, 0.15) is 0 Å². The van der Waals surface area contributed by atoms with Gasteiger partial charge in [-0.05, 0) is 54.9 Å². The fourth-order valence-corrected chi connectivity index (χ4v) is 4.12. The predicted molar refractivity (Wildman–Crippen MR) is 116 cm³/mol. The Labute approximate surface area is 167 Å². The van der Waals surface area contributed by atoms with Crippen LogP contribution in [0, 0.1) is 0 Å². The van der Waals surface area contributed by atoms with Gasteiger partial charge in [0.05, 0.1) is 5.69 Å². The van der Waals surface area contributed by atoms with Crippen molar-refractivity contribution >= 4 is 10.8 Å². The Balaban J connectivity index is 1.45. The fraction of sp³-hybridized carbons (Fsp3) is 0.375. The highest BCUT2D eigenvalue weighted by atomic mass is 15.2. The molecule has 2 heterocycles. The summed E-state index contributed by atoms with van der Waals surface area (Å²) in [6, 6.07) is 19.9. The lowest BCUT2D eigenvalue weighted by molar-refractivity contribution is 0.222. The molecule has 4 nitrogen and oxygen atoms in total. The lowest BCUT2D eigenvalue weighted by Gasteiger charge is -2.31. The van der Waals surface area contributed by atoms with Crippen LogP contribution in [0.15, 0.2) is 60.8 Å². The number of nitrogens with one attached hydrogen (secondary N) is 1. The Hall–Kier alpha value is -2.27. The topological polar surface area (TPSA) is 54.2 Å². The highest BCUT2D eigenvalue weighted by molar-refractivity contribution is 5.81. The number of rotatable bonds is 8. The zero-order valence-electron chi connectivity index (χ0n) is 16.5. The minimum absolute atomic E-state index is 0.480. The molecule has 1 unspecified atom stereocenters. The molecule has 0 saturated carbocycles. The summed E-state index contributed by atoms with van der Waals surface area (Å²) in [5.74, 6) is 0. The van der Waals surface area contributed by atoms with Crippen molar-refractivity contribution in [3.63, 3.8) is 0 Å². The number of benzene rings is 2. The lowest BCUT2D eigenvalue weighted by atomic mass is 9.95. The van der Waals surface area contributed by atoms with Crippen molar-refractivity contribution in [3.05, 3.63) is 77.6 Å². The van der Waals surface area contributed by atoms with E-state index in [1.807, 2.05) is 6.20 Å². The molecule has 3 N–H and O–H groups in total. The quantitative estimate of drug-likeness (QED) is 0.593. The molecule has 0 aliphatic carbocycles. The number of hydrogen-bond donors (Lipinski definition) is 2. The van der Waals surface area contributed by atoms with Crippen LogP contribution in [0.2, 0.25) is 0 Å². The third-order valence-electron chi connectivity index (χ3n) is 5.65. The Morgan fingerprint density at radius 1 is 1.00 bits per heavy atom. The maximum absolute atomic E-state index is 5.72. The molecule has 1 aliphatic heterocycles. The van der Waals surface area contributed by atoms with Crippen LogP contribution in [0.1, 0.15) is 29.7 Å². The standard InChI is InChI=1S/C24H30N4/c25-11-5-6-12-28(17-23-13-19-7-1-3-9-21(19)15-26-23)18-24-14-20-8-2-4-10-22(20)16-27-24/h1-4,7-10,13,15,24,27H,5-6,11-12,14,16-18,25H2. The number of nitrogens with zero attached hydrogens (tertiary/aromatic N) is 2. The average Bonchev–Trinajstić information content (AvgIpc) is 2.74. The molecule has 4 rings (SSSR count). The SMILES string of the molecule is NCCCCN(Cc1cc2ccccc2cn1)CC1Cc2ccccc2CN1. The largest absolute Gasteiger partial charge is 0.330 e. The number of hydrogen-bond acceptors (Lipinski definition) is 4. The van der Waals surface area contributed by atoms with Gasteiger partial charge in [0.15, 0.2) is 0 Å². The van der Waals surface area contributed by atoms with Gasteiger partial charge in [-0.3, -0.25) is 9.88 Å². The Morgan fingerprint density at radius 2 is 1.79 bits per heavy atom. The third kappa shape index (κ3) is 4.76. The molecular formula is C24H30N4. The van der Waals surface area contributed by atoms with Crippen LogP contribution < -0.4 is 11.1 Å². The second kappa shape index (κ2) is 9.28. The molecule has 146 valence electrons. The van der Waals surface area contributed by atoms with E-state index in [9.17, 15) is 0 Å². The van der Waals surface area contributed by atoms with E-state index < -0.39 is 0 Å². The normalized spacial score (nSPS) is 16.4. The molecule has 28 heavy (non-hydrogen) atoms. The molecule has 3 aromatic rings. The van der Waals surface area contributed by atoms with Crippen molar-refractivity contribution in [2.24, 2.45) is 5.73 Å². The molecule has 0 spiro atoms. The first-order valence-corrected chi connectivity index (χ1v) is 10.4. The van der Waals surface area contributed by atoms with E-state index >= 15 is 0 Å². The van der Waals surface area contributed by atoms with Crippen molar-refractivity contribution in [3.8, 4) is 0 Å². The summed E-state index contributed by atoms with van der Waals surface area (Å²) in [5, 5.41) is 6.19. The average molecular weight is 375 g/mol. The van der Waals surface area contributed by atoms with Crippen molar-refractivity contribution < 1.29 is 0 Å². The molecule has 1 atom stereocenters. The summed E-state index contributed by atoms with van der Waals surface area (Å²) in [5.41, 5.74) is 9.78. The van der Waals surface area contributed by atoms with Crippen LogP contribution in [0.5, 0.6) is 0 Å². The number of nitrogens with two attached hydrogens (primary N) is 1. The number of fused-ring (bicyclic) bond motifs is 2. The van der Waals surface area contributed by atoms with Crippen LogP contribution in [-0.4, -0.2) is 35.6 Å². The zero-order valence-corrected chi connectivity index (χ0v) is 16.5. The van der Waals surface area contributed by atoms with Crippen LogP contribution in [0.25, 0.3) is 10.8 Å². The highest BCUT2D eigenvalue weighted by Gasteiger charge is 2.20. The minimum atomic E-state index is 0.480. The van der Waals surface area contributed by atoms with Crippen molar-refractivity contribution in [1.29, 1.82) is 0 Å². The van der Waals surface area contributed by atoms with Gasteiger partial charge in [0.25, 0.3) is 0 Å². The van der Waals surface area contributed by atoms with Crippen LogP contribution >= 0.6 is 0 Å². The highest BCUT2D eigenvalue weighted by Crippen LogP contribution is 2.19. The molecule has 4 heteroatoms. The van der Waals surface area contributed by atoms with Crippen LogP contribution in [0.3, 0.4) is 0 Å². The van der Waals surface area contributed by atoms with Gasteiger partial charge in [0, 0.05) is 37.3 Å². The Morgan fingerprint density at radius 3 is 2.64 bits per heavy atom. The molecule has 0 fully saturated rings. The summed E-state index contributed by atoms with van der Waals surface area (Å²) in [6.07, 6.45) is 5.29. The van der Waals surface area contributed by atoms with E-state index in [4.69, 9.17) is 10.7 Å². The van der Waals surface area contributed by atoms with E-state index in [0.29, 0.717) is 6.04 Å². The predicted octanol–water partition coefficient (Wildman–Crippen LogP) is 3.49. The van der Waals surface area contributed by atoms with Crippen LogP contribution in [-0.2, 0) is 19.5 Å². The first-order valence-electron chi connectivity index (χ1n) is 10.4. The van der Waals surface area contributed by atoms with Crippen molar-refractivity contribution in [2.75, 3.05) is 19.6 Å². The summed E-state index contributed by atoms with van der Waals surface area (Å²) in [6.45, 7) is 4.71. The molecule has 2 aromatic carbocycles. The maximum Gasteiger partial charge on any atom is 0.0550 e. The summed E-state index contributed by atoms with van der Waals surface area (Å²) in [4.78, 5) is 7.26. The van der Waals surface area contributed by atoms with Gasteiger partial charge in [-0.2, -0.15) is 0 Å². The number of unbranched alkanes of at least 4 members (excludes halogenated alkanes) is 1. The van der Waals surface area contributed by atoms with Gasteiger partial charge in [-0.15, -0.1) is 0 Å². The Bertz CT molecular complexity index is 908. The van der Waals surface area contributed by atoms with Gasteiger partial charge in [0.2, 0.25) is 0 Å². The molecule has 0 bridgehead atoms. The first kappa shape index (κ1) is 19.1. The molecule has 1 aliphatic rings. The minimum Gasteiger partial charge on any atom is -0.330 e. The van der Waals surface area contributed by atoms with Crippen molar-refractivity contribution in [2.45, 2.75) is 38.4 Å². The number of pyridine rings is 1. The third-order valence-corrected chi connectivity index (χ3v) is 5.65. The van der Waals surface area contributed by atoms with E-state index in [0.717, 1.165) is 57.7 Å². The van der Waals surface area contributed by atoms with E-state index in [-0.39, 0.29) is 0 Å². The fourth-order valence-electron chi connectivity index (χ4n) is 4.12. The second-order valence-electron chi connectivity index (χ2n) is 7.80. The summed E-state index contributed by atoms with van der Waals surface area (Å²) >= 11 is 0. The first-order chi connectivity index (χ1) is 13.8. The van der Waals surface area contributed by atoms with Gasteiger partial charge >= 0.3 is 0 Å². The van der Waals surface area contributed by atoms with Gasteiger partial charge < -0.3 is 11.1 Å². The molecule has 0 amide bonds. The van der Waals surface area contributed by atoms with Gasteiger partial charge in [-0.1, -0.05) is 48.5 Å². The smallest absolute Gasteiger partial charge is 0.0550 e. The number of aromatic nitrogens is 1. The molecule has 0 saturated heterocycles. The van der Waals surface area contributed by atoms with E-state index in [1.54, 1.807) is 0 Å². The lowest BCUT2D eigenvalue weighted by Crippen LogP contribution is -2.44. The molecule has 1 aromatic heterocycles. The molecule has 0 radical (unpaired) electrons. The van der Waals surface area contributed by atoms with E-state index in [1.165, 1.54) is 21.9 Å². The van der Waals surface area contributed by atoms with Crippen molar-refractivity contribution in [1.82, 2.24) is 15.2 Å². The van der Waals surface area contributed by atoms with E-state index in [2.05, 4.69) is 64.8 Å². The summed E-state index contributed by atoms with van der Waals surface area (Å²) < 4.78 is 0. The summed E-state index contributed by atoms with van der Waals surface area (Å²) in [7, 11) is 0.